The maximum absolute atomic E-state index is 12.7. The van der Waals surface area contributed by atoms with Gasteiger partial charge in [-0.15, -0.1) is 0 Å². The summed E-state index contributed by atoms with van der Waals surface area (Å²) >= 11 is 0. The highest BCUT2D eigenvalue weighted by Crippen LogP contribution is 2.33. The van der Waals surface area contributed by atoms with E-state index < -0.39 is 0 Å². The average Bonchev–Trinajstić information content (AvgIpc) is 3.07. The summed E-state index contributed by atoms with van der Waals surface area (Å²) in [6.45, 7) is 4.01. The highest BCUT2D eigenvalue weighted by atomic mass is 16.5. The summed E-state index contributed by atoms with van der Waals surface area (Å²) in [5, 5.41) is 4.24. The van der Waals surface area contributed by atoms with Gasteiger partial charge < -0.3 is 14.5 Å². The molecule has 0 radical (unpaired) electrons. The van der Waals surface area contributed by atoms with Crippen molar-refractivity contribution < 1.29 is 14.3 Å². The third-order valence-corrected chi connectivity index (χ3v) is 6.29. The predicted molar refractivity (Wildman–Crippen MR) is 110 cm³/mol. The highest BCUT2D eigenvalue weighted by molar-refractivity contribution is 5.95. The Morgan fingerprint density at radius 1 is 1.21 bits per heavy atom. The van der Waals surface area contributed by atoms with E-state index in [9.17, 15) is 9.59 Å². The van der Waals surface area contributed by atoms with Crippen molar-refractivity contribution in [3.05, 3.63) is 47.8 Å². The minimum absolute atomic E-state index is 0.00725. The van der Waals surface area contributed by atoms with Crippen molar-refractivity contribution >= 4 is 17.5 Å². The molecule has 1 aromatic carbocycles. The molecular formula is C22H28N4O3. The van der Waals surface area contributed by atoms with Gasteiger partial charge in [-0.05, 0) is 43.9 Å². The predicted octanol–water partition coefficient (Wildman–Crippen LogP) is 2.09. The first-order chi connectivity index (χ1) is 14.0. The normalized spacial score (nSPS) is 19.0. The third-order valence-electron chi connectivity index (χ3n) is 6.29. The Bertz CT molecular complexity index is 885. The van der Waals surface area contributed by atoms with Crippen molar-refractivity contribution in [2.75, 3.05) is 31.1 Å². The molecule has 0 atom stereocenters. The van der Waals surface area contributed by atoms with Crippen LogP contribution in [0, 0.1) is 6.92 Å². The summed E-state index contributed by atoms with van der Waals surface area (Å²) in [5.41, 5.74) is 2.78. The summed E-state index contributed by atoms with van der Waals surface area (Å²) in [4.78, 5) is 28.8. The number of carbonyl (C=O) groups excluding carboxylic acids is 2. The van der Waals surface area contributed by atoms with Crippen LogP contribution in [-0.2, 0) is 27.8 Å². The van der Waals surface area contributed by atoms with Gasteiger partial charge in [0.2, 0.25) is 5.91 Å². The zero-order chi connectivity index (χ0) is 20.4. The number of piperidine rings is 1. The number of carbonyl (C=O) groups is 2. The second-order valence-electron chi connectivity index (χ2n) is 8.05. The van der Waals surface area contributed by atoms with E-state index in [4.69, 9.17) is 4.74 Å². The van der Waals surface area contributed by atoms with Crippen molar-refractivity contribution in [3.8, 4) is 0 Å². The van der Waals surface area contributed by atoms with Gasteiger partial charge in [-0.3, -0.25) is 14.3 Å². The fourth-order valence-electron chi connectivity index (χ4n) is 4.21. The van der Waals surface area contributed by atoms with Crippen molar-refractivity contribution in [2.45, 2.75) is 38.2 Å². The van der Waals surface area contributed by atoms with E-state index in [0.29, 0.717) is 32.5 Å². The second-order valence-corrected chi connectivity index (χ2v) is 8.05. The van der Waals surface area contributed by atoms with E-state index in [2.05, 4.69) is 5.10 Å². The number of para-hydroxylation sites is 1. The van der Waals surface area contributed by atoms with E-state index in [0.717, 1.165) is 29.8 Å². The summed E-state index contributed by atoms with van der Waals surface area (Å²) < 4.78 is 7.84. The zero-order valence-corrected chi connectivity index (χ0v) is 17.1. The third kappa shape index (κ3) is 4.05. The average molecular weight is 396 g/mol. The second kappa shape index (κ2) is 7.99. The number of aryl methyl sites for hydroxylation is 2. The molecule has 7 heteroatoms. The molecule has 29 heavy (non-hydrogen) atoms. The fourth-order valence-corrected chi connectivity index (χ4v) is 4.21. The van der Waals surface area contributed by atoms with E-state index in [-0.39, 0.29) is 24.0 Å². The van der Waals surface area contributed by atoms with Crippen LogP contribution in [0.1, 0.15) is 30.5 Å². The lowest BCUT2D eigenvalue weighted by Gasteiger charge is -2.47. The largest absolute Gasteiger partial charge is 0.363 e. The maximum Gasteiger partial charge on any atom is 0.253 e. The molecule has 154 valence electrons. The molecule has 0 N–H and O–H groups in total. The molecule has 2 fully saturated rings. The molecule has 2 aliphatic rings. The Morgan fingerprint density at radius 3 is 2.59 bits per heavy atom. The number of rotatable bonds is 4. The van der Waals surface area contributed by atoms with Gasteiger partial charge in [0.05, 0.1) is 18.3 Å². The lowest BCUT2D eigenvalue weighted by Crippen LogP contribution is -2.59. The smallest absolute Gasteiger partial charge is 0.253 e. The molecule has 2 aliphatic heterocycles. The van der Waals surface area contributed by atoms with Crippen molar-refractivity contribution in [2.24, 2.45) is 7.05 Å². The summed E-state index contributed by atoms with van der Waals surface area (Å²) in [7, 11) is 1.92. The number of aromatic nitrogens is 2. The molecule has 1 spiro atoms. The lowest BCUT2D eigenvalue weighted by atomic mass is 9.88. The zero-order valence-electron chi connectivity index (χ0n) is 17.1. The number of nitrogens with zero attached hydrogens (tertiary/aromatic N) is 4. The standard InChI is InChI=1S/C22H28N4O3/c1-17-18(14-23-24(17)2)8-9-20(27)25-12-10-22(11-13-25)16-26(21(28)15-29-22)19-6-4-3-5-7-19/h3-7,14H,8-13,15-16H2,1-2H3. The Balaban J connectivity index is 1.34. The molecule has 3 heterocycles. The highest BCUT2D eigenvalue weighted by Gasteiger charge is 2.43. The van der Waals surface area contributed by atoms with Crippen LogP contribution in [0.15, 0.2) is 36.5 Å². The molecule has 2 saturated heterocycles. The van der Waals surface area contributed by atoms with Crippen LogP contribution < -0.4 is 4.90 Å². The number of ether oxygens (including phenoxy) is 1. The maximum atomic E-state index is 12.7. The molecule has 1 aromatic heterocycles. The monoisotopic (exact) mass is 396 g/mol. The molecule has 0 aliphatic carbocycles. The van der Waals surface area contributed by atoms with Crippen LogP contribution in [0.4, 0.5) is 5.69 Å². The Morgan fingerprint density at radius 2 is 1.93 bits per heavy atom. The van der Waals surface area contributed by atoms with Crippen LogP contribution in [0.25, 0.3) is 0 Å². The quantitative estimate of drug-likeness (QED) is 0.794. The lowest BCUT2D eigenvalue weighted by molar-refractivity contribution is -0.150. The molecule has 0 bridgehead atoms. The van der Waals surface area contributed by atoms with Crippen molar-refractivity contribution in [1.82, 2.24) is 14.7 Å². The van der Waals surface area contributed by atoms with Gasteiger partial charge in [-0.2, -0.15) is 5.10 Å². The van der Waals surface area contributed by atoms with Crippen LogP contribution in [0.2, 0.25) is 0 Å². The van der Waals surface area contributed by atoms with Gasteiger partial charge in [0, 0.05) is 37.9 Å². The number of anilines is 1. The molecule has 0 unspecified atom stereocenters. The number of hydrogen-bond acceptors (Lipinski definition) is 4. The molecule has 4 rings (SSSR count). The van der Waals surface area contributed by atoms with Crippen LogP contribution >= 0.6 is 0 Å². The van der Waals surface area contributed by atoms with Crippen molar-refractivity contribution in [1.29, 1.82) is 0 Å². The number of amides is 2. The van der Waals surface area contributed by atoms with Crippen LogP contribution in [0.3, 0.4) is 0 Å². The van der Waals surface area contributed by atoms with Crippen LogP contribution in [0.5, 0.6) is 0 Å². The van der Waals surface area contributed by atoms with E-state index in [1.165, 1.54) is 0 Å². The van der Waals surface area contributed by atoms with E-state index >= 15 is 0 Å². The van der Waals surface area contributed by atoms with Gasteiger partial charge in [-0.1, -0.05) is 18.2 Å². The molecule has 2 amide bonds. The molecule has 7 nitrogen and oxygen atoms in total. The molecule has 0 saturated carbocycles. The first-order valence-corrected chi connectivity index (χ1v) is 10.2. The van der Waals surface area contributed by atoms with Gasteiger partial charge >= 0.3 is 0 Å². The summed E-state index contributed by atoms with van der Waals surface area (Å²) in [6, 6.07) is 9.74. The summed E-state index contributed by atoms with van der Waals surface area (Å²) in [6.07, 6.45) is 4.56. The topological polar surface area (TPSA) is 67.7 Å². The van der Waals surface area contributed by atoms with Gasteiger partial charge in [-0.25, -0.2) is 0 Å². The SMILES string of the molecule is Cc1c(CCC(=O)N2CCC3(CC2)CN(c2ccccc2)C(=O)CO3)cnn1C. The Labute approximate surface area is 171 Å². The number of hydrogen-bond donors (Lipinski definition) is 0. The van der Waals surface area contributed by atoms with Crippen LogP contribution in [-0.4, -0.2) is 58.3 Å². The van der Waals surface area contributed by atoms with Gasteiger partial charge in [0.25, 0.3) is 5.91 Å². The molecule has 2 aromatic rings. The number of likely N-dealkylation sites (tertiary alicyclic amines) is 1. The minimum Gasteiger partial charge on any atom is -0.363 e. The van der Waals surface area contributed by atoms with Gasteiger partial charge in [0.1, 0.15) is 6.61 Å². The molecular weight excluding hydrogens is 368 g/mol. The first kappa shape index (κ1) is 19.6. The van der Waals surface area contributed by atoms with Crippen molar-refractivity contribution in [3.63, 3.8) is 0 Å². The Hall–Kier alpha value is -2.67. The van der Waals surface area contributed by atoms with Gasteiger partial charge in [0.15, 0.2) is 0 Å². The minimum atomic E-state index is -0.361. The number of morpholine rings is 1. The number of benzene rings is 1. The fraction of sp³-hybridized carbons (Fsp3) is 0.500. The Kier molecular flexibility index (Phi) is 5.41. The summed E-state index contributed by atoms with van der Waals surface area (Å²) in [5.74, 6) is 0.169. The van der Waals surface area contributed by atoms with E-state index in [1.54, 1.807) is 0 Å². The first-order valence-electron chi connectivity index (χ1n) is 10.2. The van der Waals surface area contributed by atoms with E-state index in [1.807, 2.05) is 65.0 Å².